The Morgan fingerprint density at radius 1 is 1.41 bits per heavy atom. The summed E-state index contributed by atoms with van der Waals surface area (Å²) in [7, 11) is 1.54. The first kappa shape index (κ1) is 12.1. The summed E-state index contributed by atoms with van der Waals surface area (Å²) >= 11 is 1.84. The SMILES string of the molecule is COc1ccc(O)c(C(=O)N2CCSCC2)c1. The number of hydrogen-bond donors (Lipinski definition) is 1. The summed E-state index contributed by atoms with van der Waals surface area (Å²) in [4.78, 5) is 14.0. The molecule has 0 unspecified atom stereocenters. The molecule has 0 aliphatic carbocycles. The number of carbonyl (C=O) groups excluding carboxylic acids is 1. The molecule has 1 saturated heterocycles. The molecular weight excluding hydrogens is 238 g/mol. The monoisotopic (exact) mass is 253 g/mol. The molecule has 1 aliphatic rings. The zero-order valence-corrected chi connectivity index (χ0v) is 10.5. The van der Waals surface area contributed by atoms with Gasteiger partial charge in [-0.15, -0.1) is 0 Å². The molecule has 0 radical (unpaired) electrons. The van der Waals surface area contributed by atoms with Gasteiger partial charge in [0, 0.05) is 24.6 Å². The third-order valence-electron chi connectivity index (χ3n) is 2.73. The number of thioether (sulfide) groups is 1. The summed E-state index contributed by atoms with van der Waals surface area (Å²) in [5.74, 6) is 2.38. The number of amides is 1. The second-order valence-electron chi connectivity index (χ2n) is 3.79. The first-order valence-corrected chi connectivity index (χ1v) is 6.62. The molecule has 0 atom stereocenters. The first-order chi connectivity index (χ1) is 8.22. The van der Waals surface area contributed by atoms with E-state index >= 15 is 0 Å². The number of phenols is 1. The van der Waals surface area contributed by atoms with Gasteiger partial charge in [-0.2, -0.15) is 11.8 Å². The van der Waals surface area contributed by atoms with Crippen molar-refractivity contribution in [3.05, 3.63) is 23.8 Å². The van der Waals surface area contributed by atoms with Gasteiger partial charge in [0.2, 0.25) is 0 Å². The molecule has 0 bridgehead atoms. The lowest BCUT2D eigenvalue weighted by Gasteiger charge is -2.26. The van der Waals surface area contributed by atoms with Crippen LogP contribution in [-0.4, -0.2) is 47.6 Å². The fraction of sp³-hybridized carbons (Fsp3) is 0.417. The summed E-state index contributed by atoms with van der Waals surface area (Å²) in [5.41, 5.74) is 0.316. The summed E-state index contributed by atoms with van der Waals surface area (Å²) < 4.78 is 5.06. The van der Waals surface area contributed by atoms with Crippen molar-refractivity contribution in [2.45, 2.75) is 0 Å². The number of benzene rings is 1. The number of aromatic hydroxyl groups is 1. The fourth-order valence-corrected chi connectivity index (χ4v) is 2.65. The van der Waals surface area contributed by atoms with Crippen molar-refractivity contribution >= 4 is 17.7 Å². The van der Waals surface area contributed by atoms with Crippen molar-refractivity contribution in [2.24, 2.45) is 0 Å². The zero-order chi connectivity index (χ0) is 12.3. The van der Waals surface area contributed by atoms with Crippen molar-refractivity contribution in [1.29, 1.82) is 0 Å². The highest BCUT2D eigenvalue weighted by atomic mass is 32.2. The van der Waals surface area contributed by atoms with E-state index in [0.717, 1.165) is 24.6 Å². The topological polar surface area (TPSA) is 49.8 Å². The fourth-order valence-electron chi connectivity index (χ4n) is 1.75. The quantitative estimate of drug-likeness (QED) is 0.869. The van der Waals surface area contributed by atoms with E-state index in [1.807, 2.05) is 11.8 Å². The standard InChI is InChI=1S/C12H15NO3S/c1-16-9-2-3-11(14)10(8-9)12(15)13-4-6-17-7-5-13/h2-3,8,14H,4-7H2,1H3. The van der Waals surface area contributed by atoms with Gasteiger partial charge in [-0.1, -0.05) is 0 Å². The van der Waals surface area contributed by atoms with E-state index in [9.17, 15) is 9.90 Å². The summed E-state index contributed by atoms with van der Waals surface area (Å²) in [6.07, 6.45) is 0. The van der Waals surface area contributed by atoms with Crippen LogP contribution in [0.5, 0.6) is 11.5 Å². The summed E-state index contributed by atoms with van der Waals surface area (Å²) in [6.45, 7) is 1.47. The van der Waals surface area contributed by atoms with Crippen LogP contribution < -0.4 is 4.74 Å². The number of hydrogen-bond acceptors (Lipinski definition) is 4. The van der Waals surface area contributed by atoms with Gasteiger partial charge < -0.3 is 14.7 Å². The van der Waals surface area contributed by atoms with E-state index in [1.54, 1.807) is 17.0 Å². The molecule has 17 heavy (non-hydrogen) atoms. The molecule has 1 amide bonds. The molecule has 0 spiro atoms. The van der Waals surface area contributed by atoms with Crippen LogP contribution in [0.15, 0.2) is 18.2 Å². The lowest BCUT2D eigenvalue weighted by Crippen LogP contribution is -2.37. The molecule has 2 rings (SSSR count). The Balaban J connectivity index is 2.22. The number of nitrogens with zero attached hydrogens (tertiary/aromatic N) is 1. The van der Waals surface area contributed by atoms with E-state index in [0.29, 0.717) is 11.3 Å². The smallest absolute Gasteiger partial charge is 0.257 e. The summed E-state index contributed by atoms with van der Waals surface area (Å²) in [6, 6.07) is 4.71. The Kier molecular flexibility index (Phi) is 3.78. The minimum absolute atomic E-state index is 0.00836. The third-order valence-corrected chi connectivity index (χ3v) is 3.67. The average Bonchev–Trinajstić information content (AvgIpc) is 2.39. The van der Waals surface area contributed by atoms with Gasteiger partial charge in [0.25, 0.3) is 5.91 Å². The van der Waals surface area contributed by atoms with E-state index in [4.69, 9.17) is 4.74 Å². The molecule has 1 aromatic rings. The van der Waals surface area contributed by atoms with Crippen LogP contribution in [-0.2, 0) is 0 Å². The first-order valence-electron chi connectivity index (χ1n) is 5.46. The molecule has 5 heteroatoms. The molecule has 0 saturated carbocycles. The van der Waals surface area contributed by atoms with E-state index in [2.05, 4.69) is 0 Å². The Hall–Kier alpha value is -1.36. The average molecular weight is 253 g/mol. The maximum atomic E-state index is 12.2. The maximum Gasteiger partial charge on any atom is 0.257 e. The van der Waals surface area contributed by atoms with Crippen LogP contribution in [0.25, 0.3) is 0 Å². The van der Waals surface area contributed by atoms with Gasteiger partial charge >= 0.3 is 0 Å². The molecule has 1 aliphatic heterocycles. The number of ether oxygens (including phenoxy) is 1. The van der Waals surface area contributed by atoms with Gasteiger partial charge in [0.1, 0.15) is 11.5 Å². The van der Waals surface area contributed by atoms with Gasteiger partial charge in [-0.25, -0.2) is 0 Å². The molecule has 1 fully saturated rings. The molecular formula is C12H15NO3S. The van der Waals surface area contributed by atoms with Crippen LogP contribution in [0.4, 0.5) is 0 Å². The van der Waals surface area contributed by atoms with E-state index < -0.39 is 0 Å². The van der Waals surface area contributed by atoms with E-state index in [-0.39, 0.29) is 11.7 Å². The van der Waals surface area contributed by atoms with Crippen molar-refractivity contribution in [3.8, 4) is 11.5 Å². The molecule has 1 heterocycles. The predicted molar refractivity (Wildman–Crippen MR) is 67.9 cm³/mol. The Morgan fingerprint density at radius 2 is 2.12 bits per heavy atom. The second-order valence-corrected chi connectivity index (χ2v) is 5.01. The number of methoxy groups -OCH3 is 1. The van der Waals surface area contributed by atoms with Crippen LogP contribution in [0.1, 0.15) is 10.4 Å². The number of phenolic OH excluding ortho intramolecular Hbond substituents is 1. The molecule has 92 valence electrons. The molecule has 1 aromatic carbocycles. The Morgan fingerprint density at radius 3 is 2.76 bits per heavy atom. The Bertz CT molecular complexity index is 416. The normalized spacial score (nSPS) is 15.7. The minimum atomic E-state index is -0.123. The van der Waals surface area contributed by atoms with Crippen molar-refractivity contribution in [3.63, 3.8) is 0 Å². The van der Waals surface area contributed by atoms with Crippen molar-refractivity contribution in [1.82, 2.24) is 4.90 Å². The largest absolute Gasteiger partial charge is 0.507 e. The second kappa shape index (κ2) is 5.31. The van der Waals surface area contributed by atoms with E-state index in [1.165, 1.54) is 13.2 Å². The van der Waals surface area contributed by atoms with Crippen LogP contribution in [0.3, 0.4) is 0 Å². The Labute approximate surface area is 105 Å². The molecule has 4 nitrogen and oxygen atoms in total. The van der Waals surface area contributed by atoms with Crippen molar-refractivity contribution < 1.29 is 14.6 Å². The van der Waals surface area contributed by atoms with Crippen LogP contribution >= 0.6 is 11.8 Å². The molecule has 0 aromatic heterocycles. The van der Waals surface area contributed by atoms with Crippen LogP contribution in [0.2, 0.25) is 0 Å². The van der Waals surface area contributed by atoms with Gasteiger partial charge in [0.15, 0.2) is 0 Å². The highest BCUT2D eigenvalue weighted by Crippen LogP contribution is 2.25. The van der Waals surface area contributed by atoms with Crippen LogP contribution in [0, 0.1) is 0 Å². The highest BCUT2D eigenvalue weighted by molar-refractivity contribution is 7.99. The third kappa shape index (κ3) is 2.66. The van der Waals surface area contributed by atoms with Crippen molar-refractivity contribution in [2.75, 3.05) is 31.7 Å². The maximum absolute atomic E-state index is 12.2. The lowest BCUT2D eigenvalue weighted by atomic mass is 10.1. The van der Waals surface area contributed by atoms with Gasteiger partial charge in [-0.3, -0.25) is 4.79 Å². The predicted octanol–water partition coefficient (Wildman–Crippen LogP) is 1.59. The lowest BCUT2D eigenvalue weighted by molar-refractivity contribution is 0.0769. The minimum Gasteiger partial charge on any atom is -0.507 e. The molecule has 1 N–H and O–H groups in total. The van der Waals surface area contributed by atoms with Gasteiger partial charge in [-0.05, 0) is 18.2 Å². The summed E-state index contributed by atoms with van der Waals surface area (Å²) in [5, 5.41) is 9.72. The highest BCUT2D eigenvalue weighted by Gasteiger charge is 2.21. The number of carbonyl (C=O) groups is 1. The zero-order valence-electron chi connectivity index (χ0n) is 9.68. The number of rotatable bonds is 2. The van der Waals surface area contributed by atoms with Gasteiger partial charge in [0.05, 0.1) is 12.7 Å².